The van der Waals surface area contributed by atoms with Crippen molar-refractivity contribution in [2.24, 2.45) is 11.5 Å². The highest BCUT2D eigenvalue weighted by molar-refractivity contribution is 5.85. The number of halogens is 1. The third-order valence-electron chi connectivity index (χ3n) is 0.167. The average Bonchev–Trinajstić information content (AvgIpc) is 1.65. The maximum atomic E-state index is 8.36. The predicted molar refractivity (Wildman–Crippen MR) is 34.1 cm³/mol. The molecule has 0 rings (SSSR count). The monoisotopic (exact) mass is 159 g/mol. The standard InChI is InChI=1S/C2H8N2.ClH.HNO3/c3-1-2-4;;2-1(3)4/h1-4H2;1H;(H,2,3,4). The summed E-state index contributed by atoms with van der Waals surface area (Å²) in [6, 6.07) is 0. The molecule has 0 fully saturated rings. The first kappa shape index (κ1) is 15.8. The van der Waals surface area contributed by atoms with Gasteiger partial charge in [-0.3, -0.25) is 0 Å². The Hall–Kier alpha value is -0.590. The zero-order chi connectivity index (χ0) is 6.99. The van der Waals surface area contributed by atoms with Gasteiger partial charge >= 0.3 is 0 Å². The summed E-state index contributed by atoms with van der Waals surface area (Å²) in [6.45, 7) is 1.19. The van der Waals surface area contributed by atoms with Gasteiger partial charge in [0.15, 0.2) is 0 Å². The molecule has 9 heavy (non-hydrogen) atoms. The quantitative estimate of drug-likeness (QED) is 0.335. The smallest absolute Gasteiger partial charge is 0.291 e. The molecular formula is C2H10ClN3O3. The summed E-state index contributed by atoms with van der Waals surface area (Å²) in [5.74, 6) is 0. The lowest BCUT2D eigenvalue weighted by Gasteiger charge is -1.72. The number of rotatable bonds is 1. The van der Waals surface area contributed by atoms with Gasteiger partial charge in [0.25, 0.3) is 5.09 Å². The van der Waals surface area contributed by atoms with Crippen molar-refractivity contribution in [3.05, 3.63) is 10.1 Å². The lowest BCUT2D eigenvalue weighted by molar-refractivity contribution is -0.742. The summed E-state index contributed by atoms with van der Waals surface area (Å²) in [5.41, 5.74) is 9.81. The van der Waals surface area contributed by atoms with Crippen LogP contribution in [-0.4, -0.2) is 23.4 Å². The van der Waals surface area contributed by atoms with Crippen LogP contribution >= 0.6 is 12.4 Å². The van der Waals surface area contributed by atoms with Gasteiger partial charge in [-0.25, -0.2) is 0 Å². The van der Waals surface area contributed by atoms with Crippen LogP contribution in [0.1, 0.15) is 0 Å². The summed E-state index contributed by atoms with van der Waals surface area (Å²) >= 11 is 0. The molecule has 6 nitrogen and oxygen atoms in total. The number of hydrogen-bond donors (Lipinski definition) is 3. The molecule has 0 amide bonds. The van der Waals surface area contributed by atoms with Crippen LogP contribution in [0, 0.1) is 10.1 Å². The van der Waals surface area contributed by atoms with Crippen LogP contribution in [0.25, 0.3) is 0 Å². The van der Waals surface area contributed by atoms with Crippen molar-refractivity contribution in [2.75, 3.05) is 13.1 Å². The molecule has 0 saturated carbocycles. The van der Waals surface area contributed by atoms with Crippen LogP contribution < -0.4 is 11.5 Å². The molecule has 0 aliphatic carbocycles. The minimum Gasteiger partial charge on any atom is -0.329 e. The molecule has 7 heteroatoms. The molecule has 5 N–H and O–H groups in total. The molecule has 0 unspecified atom stereocenters. The lowest BCUT2D eigenvalue weighted by atomic mass is 10.7. The molecule has 0 atom stereocenters. The van der Waals surface area contributed by atoms with E-state index in [1.54, 1.807) is 0 Å². The highest BCUT2D eigenvalue weighted by Gasteiger charge is 1.65. The van der Waals surface area contributed by atoms with E-state index in [9.17, 15) is 0 Å². The summed E-state index contributed by atoms with van der Waals surface area (Å²) in [6.07, 6.45) is 0. The van der Waals surface area contributed by atoms with Crippen molar-refractivity contribution in [3.63, 3.8) is 0 Å². The fraction of sp³-hybridized carbons (Fsp3) is 1.00. The normalized spacial score (nSPS) is 6.00. The summed E-state index contributed by atoms with van der Waals surface area (Å²) in [5, 5.41) is 13.6. The molecule has 0 radical (unpaired) electrons. The molecule has 0 aromatic heterocycles. The van der Waals surface area contributed by atoms with Crippen molar-refractivity contribution in [1.82, 2.24) is 0 Å². The predicted octanol–water partition coefficient (Wildman–Crippen LogP) is -1.02. The van der Waals surface area contributed by atoms with Crippen LogP contribution in [-0.2, 0) is 0 Å². The molecular weight excluding hydrogens is 149 g/mol. The molecule has 0 aromatic carbocycles. The van der Waals surface area contributed by atoms with Crippen molar-refractivity contribution in [1.29, 1.82) is 0 Å². The summed E-state index contributed by atoms with van der Waals surface area (Å²) in [4.78, 5) is 8.36. The Balaban J connectivity index is -0.0000000720. The zero-order valence-corrected chi connectivity index (χ0v) is 5.50. The fourth-order valence-electron chi connectivity index (χ4n) is 0. The highest BCUT2D eigenvalue weighted by atomic mass is 35.5. The Kier molecular flexibility index (Phi) is 27.4. The Labute approximate surface area is 58.3 Å². The second kappa shape index (κ2) is 15.7. The molecule has 0 spiro atoms. The zero-order valence-electron chi connectivity index (χ0n) is 4.69. The lowest BCUT2D eigenvalue weighted by Crippen LogP contribution is -2.11. The number of hydrogen-bond acceptors (Lipinski definition) is 4. The van der Waals surface area contributed by atoms with Crippen LogP contribution in [0.4, 0.5) is 0 Å². The van der Waals surface area contributed by atoms with Gasteiger partial charge in [-0.15, -0.1) is 22.5 Å². The average molecular weight is 160 g/mol. The molecule has 0 saturated heterocycles. The number of nitrogens with zero attached hydrogens (tertiary/aromatic N) is 1. The van der Waals surface area contributed by atoms with Crippen molar-refractivity contribution < 1.29 is 10.3 Å². The molecule has 0 bridgehead atoms. The molecule has 0 aromatic rings. The van der Waals surface area contributed by atoms with Crippen LogP contribution in [0.5, 0.6) is 0 Å². The van der Waals surface area contributed by atoms with E-state index in [0.717, 1.165) is 0 Å². The first-order valence-electron chi connectivity index (χ1n) is 1.88. The van der Waals surface area contributed by atoms with Crippen molar-refractivity contribution in [2.45, 2.75) is 0 Å². The van der Waals surface area contributed by atoms with Crippen LogP contribution in [0.2, 0.25) is 0 Å². The van der Waals surface area contributed by atoms with E-state index < -0.39 is 5.09 Å². The number of nitrogens with two attached hydrogens (primary N) is 2. The van der Waals surface area contributed by atoms with Crippen molar-refractivity contribution >= 4 is 12.4 Å². The third-order valence-corrected chi connectivity index (χ3v) is 0.167. The van der Waals surface area contributed by atoms with E-state index in [1.807, 2.05) is 0 Å². The van der Waals surface area contributed by atoms with E-state index >= 15 is 0 Å². The second-order valence-corrected chi connectivity index (χ2v) is 0.815. The maximum Gasteiger partial charge on any atom is 0.291 e. The third kappa shape index (κ3) is 1290. The van der Waals surface area contributed by atoms with Gasteiger partial charge in [-0.2, -0.15) is 0 Å². The largest absolute Gasteiger partial charge is 0.329 e. The first-order chi connectivity index (χ1) is 3.65. The summed E-state index contributed by atoms with van der Waals surface area (Å²) < 4.78 is 0. The van der Waals surface area contributed by atoms with Gasteiger partial charge in [-0.1, -0.05) is 0 Å². The van der Waals surface area contributed by atoms with Crippen LogP contribution in [0.15, 0.2) is 0 Å². The van der Waals surface area contributed by atoms with E-state index in [0.29, 0.717) is 13.1 Å². The fourth-order valence-corrected chi connectivity index (χ4v) is 0. The Morgan fingerprint density at radius 3 is 1.56 bits per heavy atom. The van der Waals surface area contributed by atoms with E-state index in [2.05, 4.69) is 0 Å². The summed E-state index contributed by atoms with van der Waals surface area (Å²) in [7, 11) is 0. The minimum atomic E-state index is -1.50. The Morgan fingerprint density at radius 1 is 1.44 bits per heavy atom. The SMILES string of the molecule is Cl.NCCN.O=[N+]([O-])O. The van der Waals surface area contributed by atoms with Gasteiger partial charge in [0.2, 0.25) is 0 Å². The van der Waals surface area contributed by atoms with Gasteiger partial charge in [0, 0.05) is 13.1 Å². The molecule has 0 aliphatic heterocycles. The van der Waals surface area contributed by atoms with Gasteiger partial charge in [-0.05, 0) is 0 Å². The first-order valence-corrected chi connectivity index (χ1v) is 1.88. The molecule has 0 aliphatic rings. The highest BCUT2D eigenvalue weighted by Crippen LogP contribution is 1.38. The Bertz CT molecular complexity index is 55.0. The topological polar surface area (TPSA) is 115 Å². The van der Waals surface area contributed by atoms with Crippen LogP contribution in [0.3, 0.4) is 0 Å². The van der Waals surface area contributed by atoms with Crippen molar-refractivity contribution in [3.8, 4) is 0 Å². The maximum absolute atomic E-state index is 8.36. The van der Waals surface area contributed by atoms with E-state index in [1.165, 1.54) is 0 Å². The second-order valence-electron chi connectivity index (χ2n) is 0.815. The molecule has 0 heterocycles. The molecule has 58 valence electrons. The van der Waals surface area contributed by atoms with E-state index in [-0.39, 0.29) is 12.4 Å². The van der Waals surface area contributed by atoms with Gasteiger partial charge < -0.3 is 16.7 Å². The minimum absolute atomic E-state index is 0. The van der Waals surface area contributed by atoms with Gasteiger partial charge in [0.05, 0.1) is 0 Å². The Morgan fingerprint density at radius 2 is 1.56 bits per heavy atom. The van der Waals surface area contributed by atoms with E-state index in [4.69, 9.17) is 26.8 Å². The van der Waals surface area contributed by atoms with Gasteiger partial charge in [0.1, 0.15) is 0 Å².